The summed E-state index contributed by atoms with van der Waals surface area (Å²) in [6, 6.07) is 10.2. The lowest BCUT2D eigenvalue weighted by atomic mass is 9.89. The largest absolute Gasteiger partial charge is 0.343 e. The Morgan fingerprint density at radius 1 is 0.941 bits per heavy atom. The maximum absolute atomic E-state index is 13.4. The van der Waals surface area contributed by atoms with Gasteiger partial charge in [-0.1, -0.05) is 25.0 Å². The van der Waals surface area contributed by atoms with Crippen LogP contribution >= 0.6 is 0 Å². The fourth-order valence-corrected chi connectivity index (χ4v) is 5.82. The van der Waals surface area contributed by atoms with Crippen LogP contribution in [0.15, 0.2) is 42.7 Å². The van der Waals surface area contributed by atoms with Crippen LogP contribution in [0, 0.1) is 11.8 Å². The van der Waals surface area contributed by atoms with Gasteiger partial charge in [-0.25, -0.2) is 0 Å². The van der Waals surface area contributed by atoms with Gasteiger partial charge in [-0.3, -0.25) is 14.5 Å². The molecular weight excluding hydrogens is 426 g/mol. The van der Waals surface area contributed by atoms with E-state index in [2.05, 4.69) is 32.5 Å². The molecule has 3 aliphatic rings. The number of hydrogen-bond donors (Lipinski definition) is 1. The average Bonchev–Trinajstić information content (AvgIpc) is 3.60. The molecule has 1 aliphatic carbocycles. The lowest BCUT2D eigenvalue weighted by Gasteiger charge is -2.33. The van der Waals surface area contributed by atoms with Crippen molar-refractivity contribution in [2.24, 2.45) is 11.8 Å². The number of carbonyl (C=O) groups excluding carboxylic acids is 2. The third-order valence-corrected chi connectivity index (χ3v) is 7.87. The Morgan fingerprint density at radius 3 is 2.35 bits per heavy atom. The topological polar surface area (TPSA) is 78.4 Å². The van der Waals surface area contributed by atoms with E-state index in [4.69, 9.17) is 0 Å². The highest BCUT2D eigenvalue weighted by Crippen LogP contribution is 2.34. The van der Waals surface area contributed by atoms with Gasteiger partial charge >= 0.3 is 0 Å². The van der Waals surface area contributed by atoms with Gasteiger partial charge in [0.15, 0.2) is 0 Å². The quantitative estimate of drug-likeness (QED) is 0.703. The van der Waals surface area contributed by atoms with Crippen molar-refractivity contribution >= 4 is 23.2 Å². The summed E-state index contributed by atoms with van der Waals surface area (Å²) in [6.45, 7) is 3.28. The van der Waals surface area contributed by atoms with Gasteiger partial charge in [0.1, 0.15) is 0 Å². The van der Waals surface area contributed by atoms with Crippen molar-refractivity contribution in [2.75, 3.05) is 31.1 Å². The van der Waals surface area contributed by atoms with Crippen molar-refractivity contribution < 1.29 is 9.59 Å². The van der Waals surface area contributed by atoms with Crippen molar-refractivity contribution in [1.82, 2.24) is 20.4 Å². The van der Waals surface area contributed by atoms with Gasteiger partial charge in [0.05, 0.1) is 24.0 Å². The molecule has 1 saturated carbocycles. The van der Waals surface area contributed by atoms with E-state index >= 15 is 0 Å². The molecule has 180 valence electrons. The maximum Gasteiger partial charge on any atom is 0.236 e. The van der Waals surface area contributed by atoms with Crippen molar-refractivity contribution in [3.05, 3.63) is 48.3 Å². The molecule has 1 aromatic heterocycles. The predicted molar refractivity (Wildman–Crippen MR) is 132 cm³/mol. The number of carbonyl (C=O) groups is 2. The van der Waals surface area contributed by atoms with Crippen LogP contribution < -0.4 is 10.2 Å². The summed E-state index contributed by atoms with van der Waals surface area (Å²) in [7, 11) is 0. The third-order valence-electron chi connectivity index (χ3n) is 7.87. The number of nitrogens with one attached hydrogen (secondary N) is 1. The highest BCUT2D eigenvalue weighted by atomic mass is 16.2. The number of likely N-dealkylation sites (tertiary alicyclic amines) is 1. The standard InChI is InChI=1S/C27H35N5O2/c33-26(17-20-3-1-2-4-20)31-15-11-22(12-16-31)21-5-7-24(8-6-21)32(25-10-14-29-30-19-25)27(34)23-9-13-28-18-23/h5-8,10,14,19-20,22-23,28H,1-4,9,11-13,15-18H2/t23-/m0/s1. The van der Waals surface area contributed by atoms with Gasteiger partial charge in [-0.05, 0) is 74.2 Å². The first-order chi connectivity index (χ1) is 16.7. The van der Waals surface area contributed by atoms with Crippen molar-refractivity contribution in [3.8, 4) is 0 Å². The molecule has 0 unspecified atom stereocenters. The Morgan fingerprint density at radius 2 is 1.71 bits per heavy atom. The fourth-order valence-electron chi connectivity index (χ4n) is 5.82. The maximum atomic E-state index is 13.4. The lowest BCUT2D eigenvalue weighted by molar-refractivity contribution is -0.133. The summed E-state index contributed by atoms with van der Waals surface area (Å²) in [6.07, 6.45) is 11.9. The minimum atomic E-state index is -0.0288. The highest BCUT2D eigenvalue weighted by molar-refractivity contribution is 6.01. The molecule has 1 aromatic carbocycles. The van der Waals surface area contributed by atoms with E-state index < -0.39 is 0 Å². The molecule has 2 saturated heterocycles. The van der Waals surface area contributed by atoms with Gasteiger partial charge in [0.25, 0.3) is 0 Å². The van der Waals surface area contributed by atoms with E-state index in [0.717, 1.165) is 56.7 Å². The molecule has 2 amide bonds. The smallest absolute Gasteiger partial charge is 0.236 e. The first-order valence-corrected chi connectivity index (χ1v) is 12.9. The van der Waals surface area contributed by atoms with Crippen LogP contribution in [0.1, 0.15) is 62.8 Å². The van der Waals surface area contributed by atoms with E-state index in [9.17, 15) is 9.59 Å². The molecule has 7 nitrogen and oxygen atoms in total. The number of nitrogens with zero attached hydrogens (tertiary/aromatic N) is 4. The normalized spacial score (nSPS) is 21.6. The van der Waals surface area contributed by atoms with E-state index in [1.807, 2.05) is 18.2 Å². The summed E-state index contributed by atoms with van der Waals surface area (Å²) in [5, 5.41) is 11.2. The van der Waals surface area contributed by atoms with E-state index in [0.29, 0.717) is 24.3 Å². The highest BCUT2D eigenvalue weighted by Gasteiger charge is 2.30. The Kier molecular flexibility index (Phi) is 7.19. The molecule has 3 heterocycles. The zero-order valence-corrected chi connectivity index (χ0v) is 19.9. The van der Waals surface area contributed by atoms with Gasteiger partial charge < -0.3 is 10.2 Å². The Hall–Kier alpha value is -2.80. The molecule has 34 heavy (non-hydrogen) atoms. The summed E-state index contributed by atoms with van der Waals surface area (Å²) in [4.78, 5) is 29.9. The van der Waals surface area contributed by atoms with Crippen LogP contribution in [-0.2, 0) is 9.59 Å². The minimum Gasteiger partial charge on any atom is -0.343 e. The first-order valence-electron chi connectivity index (χ1n) is 12.9. The summed E-state index contributed by atoms with van der Waals surface area (Å²) >= 11 is 0. The zero-order valence-electron chi connectivity index (χ0n) is 19.9. The van der Waals surface area contributed by atoms with Crippen LogP contribution in [0.2, 0.25) is 0 Å². The van der Waals surface area contributed by atoms with Gasteiger partial charge in [0, 0.05) is 31.7 Å². The lowest BCUT2D eigenvalue weighted by Crippen LogP contribution is -2.38. The van der Waals surface area contributed by atoms with Crippen molar-refractivity contribution in [1.29, 1.82) is 0 Å². The second kappa shape index (κ2) is 10.6. The third kappa shape index (κ3) is 5.14. The van der Waals surface area contributed by atoms with Crippen molar-refractivity contribution in [3.63, 3.8) is 0 Å². The number of amides is 2. The van der Waals surface area contributed by atoms with E-state index in [1.54, 1.807) is 17.3 Å². The summed E-state index contributed by atoms with van der Waals surface area (Å²) in [5.74, 6) is 1.48. The monoisotopic (exact) mass is 461 g/mol. The van der Waals surface area contributed by atoms with Crippen LogP contribution in [0.3, 0.4) is 0 Å². The number of hydrogen-bond acceptors (Lipinski definition) is 5. The average molecular weight is 462 g/mol. The fraction of sp³-hybridized carbons (Fsp3) is 0.556. The Balaban J connectivity index is 1.24. The number of piperidine rings is 1. The number of benzene rings is 1. The molecule has 3 fully saturated rings. The van der Waals surface area contributed by atoms with Gasteiger partial charge in [0.2, 0.25) is 11.8 Å². The van der Waals surface area contributed by atoms with Crippen LogP contribution in [-0.4, -0.2) is 53.1 Å². The molecular formula is C27H35N5O2. The van der Waals surface area contributed by atoms with Crippen LogP contribution in [0.5, 0.6) is 0 Å². The molecule has 1 N–H and O–H groups in total. The zero-order chi connectivity index (χ0) is 23.3. The molecule has 1 atom stereocenters. The number of aromatic nitrogens is 2. The number of anilines is 2. The van der Waals surface area contributed by atoms with Gasteiger partial charge in [-0.2, -0.15) is 10.2 Å². The Labute approximate surface area is 201 Å². The summed E-state index contributed by atoms with van der Waals surface area (Å²) in [5.41, 5.74) is 2.89. The Bertz CT molecular complexity index is 960. The molecule has 2 aliphatic heterocycles. The first kappa shape index (κ1) is 23.0. The van der Waals surface area contributed by atoms with Gasteiger partial charge in [-0.15, -0.1) is 0 Å². The second-order valence-corrected chi connectivity index (χ2v) is 10.1. The predicted octanol–water partition coefficient (Wildman–Crippen LogP) is 4.04. The molecule has 7 heteroatoms. The van der Waals surface area contributed by atoms with Crippen LogP contribution in [0.25, 0.3) is 0 Å². The number of rotatable bonds is 6. The molecule has 0 radical (unpaired) electrons. The minimum absolute atomic E-state index is 0.0288. The second-order valence-electron chi connectivity index (χ2n) is 10.1. The molecule has 0 spiro atoms. The van der Waals surface area contributed by atoms with Crippen molar-refractivity contribution in [2.45, 2.75) is 57.3 Å². The van der Waals surface area contributed by atoms with Crippen LogP contribution in [0.4, 0.5) is 11.4 Å². The molecule has 5 rings (SSSR count). The SMILES string of the molecule is O=C(CC1CCCC1)N1CCC(c2ccc(N(C(=O)[C@H]3CCNC3)c3ccnnc3)cc2)CC1. The molecule has 0 bridgehead atoms. The van der Waals surface area contributed by atoms with E-state index in [-0.39, 0.29) is 11.8 Å². The molecule has 2 aromatic rings. The van der Waals surface area contributed by atoms with E-state index in [1.165, 1.54) is 31.2 Å². The summed E-state index contributed by atoms with van der Waals surface area (Å²) < 4.78 is 0.